The lowest BCUT2D eigenvalue weighted by Gasteiger charge is -2.17. The first-order chi connectivity index (χ1) is 7.06. The van der Waals surface area contributed by atoms with Crippen LogP contribution in [0.25, 0.3) is 0 Å². The molecular weight excluding hydrogens is 201 g/mol. The highest BCUT2D eigenvalue weighted by Gasteiger charge is 2.20. The molecule has 0 aromatic heterocycles. The molecule has 0 spiro atoms. The van der Waals surface area contributed by atoms with E-state index in [-0.39, 0.29) is 24.3 Å². The van der Waals surface area contributed by atoms with Gasteiger partial charge in [-0.15, -0.1) is 0 Å². The quantitative estimate of drug-likeness (QED) is 0.540. The van der Waals surface area contributed by atoms with Crippen LogP contribution < -0.4 is 5.73 Å². The Bertz CT molecular complexity index is 332. The van der Waals surface area contributed by atoms with Crippen LogP contribution in [0.15, 0.2) is 18.2 Å². The van der Waals surface area contributed by atoms with E-state index in [1.807, 2.05) is 0 Å². The summed E-state index contributed by atoms with van der Waals surface area (Å²) in [5, 5.41) is 27.5. The van der Waals surface area contributed by atoms with Crippen LogP contribution in [0, 0.1) is 5.82 Å². The summed E-state index contributed by atoms with van der Waals surface area (Å²) in [7, 11) is 0. The molecule has 0 saturated heterocycles. The molecule has 0 heterocycles. The third-order valence-electron chi connectivity index (χ3n) is 2.13. The van der Waals surface area contributed by atoms with E-state index < -0.39 is 18.0 Å². The Kier molecular flexibility index (Phi) is 4.02. The number of hydrogen-bond acceptors (Lipinski definition) is 4. The zero-order valence-electron chi connectivity index (χ0n) is 8.10. The molecule has 84 valence electrons. The molecule has 15 heavy (non-hydrogen) atoms. The highest BCUT2D eigenvalue weighted by Crippen LogP contribution is 2.23. The van der Waals surface area contributed by atoms with Crippen LogP contribution in [0.1, 0.15) is 18.1 Å². The largest absolute Gasteiger partial charge is 0.399 e. The van der Waals surface area contributed by atoms with E-state index in [0.717, 1.165) is 6.07 Å². The van der Waals surface area contributed by atoms with Crippen LogP contribution in [0.5, 0.6) is 0 Å². The highest BCUT2D eigenvalue weighted by molar-refractivity contribution is 5.41. The normalized spacial score (nSPS) is 14.9. The molecule has 0 radical (unpaired) electrons. The van der Waals surface area contributed by atoms with E-state index in [0.29, 0.717) is 0 Å². The number of hydrogen-bond donors (Lipinski definition) is 4. The van der Waals surface area contributed by atoms with Crippen LogP contribution in [0.2, 0.25) is 0 Å². The number of aliphatic hydroxyl groups excluding tert-OH is 3. The average molecular weight is 215 g/mol. The second-order valence-electron chi connectivity index (χ2n) is 3.31. The molecule has 0 fully saturated rings. The van der Waals surface area contributed by atoms with Gasteiger partial charge in [0.15, 0.2) is 0 Å². The van der Waals surface area contributed by atoms with Gasteiger partial charge in [-0.3, -0.25) is 0 Å². The van der Waals surface area contributed by atoms with Crippen molar-refractivity contribution < 1.29 is 19.7 Å². The number of anilines is 1. The van der Waals surface area contributed by atoms with Gasteiger partial charge in [0.25, 0.3) is 0 Å². The third kappa shape index (κ3) is 2.89. The number of nitrogen functional groups attached to an aromatic ring is 1. The van der Waals surface area contributed by atoms with Crippen LogP contribution in [0.4, 0.5) is 10.1 Å². The fourth-order valence-corrected chi connectivity index (χ4v) is 1.28. The fourth-order valence-electron chi connectivity index (χ4n) is 1.28. The predicted octanol–water partition coefficient (Wildman–Crippen LogP) is 0.185. The Morgan fingerprint density at radius 2 is 2.00 bits per heavy atom. The zero-order chi connectivity index (χ0) is 11.4. The maximum absolute atomic E-state index is 13.3. The summed E-state index contributed by atoms with van der Waals surface area (Å²) < 4.78 is 13.3. The summed E-state index contributed by atoms with van der Waals surface area (Å²) in [6, 6.07) is 3.83. The van der Waals surface area contributed by atoms with Crippen LogP contribution >= 0.6 is 0 Å². The fraction of sp³-hybridized carbons (Fsp3) is 0.400. The van der Waals surface area contributed by atoms with Crippen molar-refractivity contribution in [3.8, 4) is 0 Å². The van der Waals surface area contributed by atoms with Crippen LogP contribution in [0.3, 0.4) is 0 Å². The Labute approximate surface area is 86.8 Å². The van der Waals surface area contributed by atoms with E-state index in [1.165, 1.54) is 12.1 Å². The second kappa shape index (κ2) is 5.06. The first-order valence-electron chi connectivity index (χ1n) is 4.58. The molecule has 0 aliphatic carbocycles. The summed E-state index contributed by atoms with van der Waals surface area (Å²) >= 11 is 0. The van der Waals surface area contributed by atoms with Gasteiger partial charge in [0, 0.05) is 17.9 Å². The van der Waals surface area contributed by atoms with Gasteiger partial charge in [-0.05, 0) is 18.6 Å². The minimum Gasteiger partial charge on any atom is -0.399 e. The number of rotatable bonds is 4. The lowest BCUT2D eigenvalue weighted by atomic mass is 10.0. The lowest BCUT2D eigenvalue weighted by Crippen LogP contribution is -2.20. The second-order valence-corrected chi connectivity index (χ2v) is 3.31. The van der Waals surface area contributed by atoms with Gasteiger partial charge in [0.2, 0.25) is 0 Å². The molecule has 1 aromatic carbocycles. The van der Waals surface area contributed by atoms with Crippen molar-refractivity contribution in [3.05, 3.63) is 29.6 Å². The molecule has 2 unspecified atom stereocenters. The molecule has 0 aliphatic heterocycles. The minimum absolute atomic E-state index is 0.00895. The summed E-state index contributed by atoms with van der Waals surface area (Å²) in [6.07, 6.45) is -2.55. The first kappa shape index (κ1) is 11.9. The highest BCUT2D eigenvalue weighted by atomic mass is 19.1. The Morgan fingerprint density at radius 1 is 1.33 bits per heavy atom. The molecule has 1 rings (SSSR count). The maximum Gasteiger partial charge on any atom is 0.131 e. The van der Waals surface area contributed by atoms with Crippen LogP contribution in [-0.2, 0) is 0 Å². The molecule has 2 atom stereocenters. The van der Waals surface area contributed by atoms with Gasteiger partial charge in [0.05, 0.1) is 6.10 Å². The predicted molar refractivity (Wildman–Crippen MR) is 53.5 cm³/mol. The van der Waals surface area contributed by atoms with Gasteiger partial charge in [-0.25, -0.2) is 4.39 Å². The van der Waals surface area contributed by atoms with E-state index in [9.17, 15) is 14.6 Å². The maximum atomic E-state index is 13.3. The SMILES string of the molecule is Nc1ccc(C(O)C(O)CCO)c(F)c1. The average Bonchev–Trinajstić information content (AvgIpc) is 2.17. The number of aliphatic hydroxyl groups is 3. The molecule has 0 amide bonds. The topological polar surface area (TPSA) is 86.7 Å². The Hall–Kier alpha value is -1.17. The minimum atomic E-state index is -1.35. The van der Waals surface area contributed by atoms with Gasteiger partial charge in [-0.1, -0.05) is 6.07 Å². The van der Waals surface area contributed by atoms with Gasteiger partial charge in [0.1, 0.15) is 11.9 Å². The van der Waals surface area contributed by atoms with Gasteiger partial charge < -0.3 is 21.1 Å². The molecular formula is C10H14FNO3. The summed E-state index contributed by atoms with van der Waals surface area (Å²) in [5.41, 5.74) is 5.57. The van der Waals surface area contributed by atoms with E-state index >= 15 is 0 Å². The molecule has 5 N–H and O–H groups in total. The van der Waals surface area contributed by atoms with Gasteiger partial charge >= 0.3 is 0 Å². The Balaban J connectivity index is 2.86. The van der Waals surface area contributed by atoms with Crippen molar-refractivity contribution in [2.24, 2.45) is 0 Å². The van der Waals surface area contributed by atoms with Crippen molar-refractivity contribution in [1.82, 2.24) is 0 Å². The standard InChI is InChI=1S/C10H14FNO3/c11-8-5-6(12)1-2-7(8)10(15)9(14)3-4-13/h1-2,5,9-10,13-15H,3-4,12H2. The lowest BCUT2D eigenvalue weighted by molar-refractivity contribution is 0.00237. The van der Waals surface area contributed by atoms with Crippen LogP contribution in [-0.4, -0.2) is 28.0 Å². The van der Waals surface area contributed by atoms with Crippen molar-refractivity contribution in [2.45, 2.75) is 18.6 Å². The molecule has 5 heteroatoms. The van der Waals surface area contributed by atoms with E-state index in [2.05, 4.69) is 0 Å². The molecule has 1 aromatic rings. The van der Waals surface area contributed by atoms with Crippen molar-refractivity contribution >= 4 is 5.69 Å². The smallest absolute Gasteiger partial charge is 0.131 e. The van der Waals surface area contributed by atoms with Gasteiger partial charge in [-0.2, -0.15) is 0 Å². The molecule has 4 nitrogen and oxygen atoms in total. The van der Waals surface area contributed by atoms with E-state index in [4.69, 9.17) is 10.8 Å². The first-order valence-corrected chi connectivity index (χ1v) is 4.58. The monoisotopic (exact) mass is 215 g/mol. The summed E-state index contributed by atoms with van der Waals surface area (Å²) in [4.78, 5) is 0. The summed E-state index contributed by atoms with van der Waals surface area (Å²) in [6.45, 7) is -0.269. The number of benzene rings is 1. The van der Waals surface area contributed by atoms with Crippen molar-refractivity contribution in [1.29, 1.82) is 0 Å². The number of halogens is 1. The Morgan fingerprint density at radius 3 is 2.53 bits per heavy atom. The molecule has 0 saturated carbocycles. The van der Waals surface area contributed by atoms with Crippen molar-refractivity contribution in [3.63, 3.8) is 0 Å². The summed E-state index contributed by atoms with van der Waals surface area (Å²) in [5.74, 6) is -0.667. The zero-order valence-corrected chi connectivity index (χ0v) is 8.10. The van der Waals surface area contributed by atoms with E-state index in [1.54, 1.807) is 0 Å². The molecule has 0 aliphatic rings. The van der Waals surface area contributed by atoms with Crippen molar-refractivity contribution in [2.75, 3.05) is 12.3 Å². The third-order valence-corrected chi connectivity index (χ3v) is 2.13. The number of nitrogens with two attached hydrogens (primary N) is 1. The molecule has 0 bridgehead atoms.